The summed E-state index contributed by atoms with van der Waals surface area (Å²) in [5.41, 5.74) is 6.92. The Kier molecular flexibility index (Phi) is 6.58. The fraction of sp³-hybridized carbons (Fsp3) is 0.500. The van der Waals surface area contributed by atoms with Crippen molar-refractivity contribution < 1.29 is 8.42 Å². The first kappa shape index (κ1) is 17.1. The molecule has 0 atom stereocenters. The summed E-state index contributed by atoms with van der Waals surface area (Å²) in [5.74, 6) is -0.0663. The number of unbranched alkanes of at least 4 members (excludes halogenated alkanes) is 2. The van der Waals surface area contributed by atoms with Crippen LogP contribution in [0.15, 0.2) is 24.3 Å². The van der Waals surface area contributed by atoms with Crippen LogP contribution < -0.4 is 5.73 Å². The summed E-state index contributed by atoms with van der Waals surface area (Å²) in [4.78, 5) is 0.226. The number of hydrogen-bond donors (Lipinski definition) is 1. The molecule has 112 valence electrons. The van der Waals surface area contributed by atoms with Crippen molar-refractivity contribution in [3.8, 4) is 0 Å². The van der Waals surface area contributed by atoms with Crippen molar-refractivity contribution in [2.75, 3.05) is 13.6 Å². The Labute approximate surface area is 127 Å². The van der Waals surface area contributed by atoms with Gasteiger partial charge in [-0.05, 0) is 12.0 Å². The van der Waals surface area contributed by atoms with Crippen molar-refractivity contribution in [1.29, 1.82) is 0 Å². The van der Waals surface area contributed by atoms with Gasteiger partial charge in [0.05, 0.1) is 5.75 Å². The molecule has 0 radical (unpaired) electrons. The van der Waals surface area contributed by atoms with Crippen molar-refractivity contribution in [1.82, 2.24) is 4.31 Å². The molecular weight excluding hydrogens is 292 g/mol. The summed E-state index contributed by atoms with van der Waals surface area (Å²) in [6.07, 6.45) is 2.98. The van der Waals surface area contributed by atoms with Gasteiger partial charge in [0.1, 0.15) is 4.99 Å². The van der Waals surface area contributed by atoms with Crippen molar-refractivity contribution >= 4 is 27.2 Å². The predicted molar refractivity (Wildman–Crippen MR) is 87.1 cm³/mol. The van der Waals surface area contributed by atoms with Crippen LogP contribution in [0, 0.1) is 0 Å². The van der Waals surface area contributed by atoms with Crippen LogP contribution in [0.1, 0.15) is 37.3 Å². The Balaban J connectivity index is 2.83. The van der Waals surface area contributed by atoms with Gasteiger partial charge in [0.25, 0.3) is 0 Å². The standard InChI is InChI=1S/C14H22N2O2S2/c1-3-4-7-10-16(2)20(17,18)11-12-8-5-6-9-13(12)14(15)19/h5-6,8-9H,3-4,7,10-11H2,1-2H3,(H2,15,19). The van der Waals surface area contributed by atoms with E-state index in [0.717, 1.165) is 19.3 Å². The molecule has 0 saturated carbocycles. The van der Waals surface area contributed by atoms with Gasteiger partial charge in [0, 0.05) is 19.2 Å². The Morgan fingerprint density at radius 1 is 1.30 bits per heavy atom. The molecule has 0 bridgehead atoms. The molecule has 6 heteroatoms. The molecule has 20 heavy (non-hydrogen) atoms. The summed E-state index contributed by atoms with van der Waals surface area (Å²) in [5, 5.41) is 0. The summed E-state index contributed by atoms with van der Waals surface area (Å²) in [6, 6.07) is 7.11. The zero-order valence-electron chi connectivity index (χ0n) is 12.0. The van der Waals surface area contributed by atoms with E-state index in [-0.39, 0.29) is 10.7 Å². The van der Waals surface area contributed by atoms with E-state index in [1.807, 2.05) is 0 Å². The van der Waals surface area contributed by atoms with Gasteiger partial charge in [0.15, 0.2) is 0 Å². The minimum absolute atomic E-state index is 0.0663. The number of hydrogen-bond acceptors (Lipinski definition) is 3. The zero-order chi connectivity index (χ0) is 15.2. The highest BCUT2D eigenvalue weighted by atomic mass is 32.2. The lowest BCUT2D eigenvalue weighted by molar-refractivity contribution is 0.453. The molecule has 0 amide bonds. The first-order valence-corrected chi connectivity index (χ1v) is 8.72. The smallest absolute Gasteiger partial charge is 0.218 e. The first-order valence-electron chi connectivity index (χ1n) is 6.70. The second-order valence-corrected chi connectivity index (χ2v) is 7.32. The van der Waals surface area contributed by atoms with Crippen LogP contribution >= 0.6 is 12.2 Å². The fourth-order valence-electron chi connectivity index (χ4n) is 1.92. The molecule has 1 rings (SSSR count). The molecule has 0 aliphatic carbocycles. The molecule has 0 fully saturated rings. The number of nitrogens with two attached hydrogens (primary N) is 1. The molecule has 0 aromatic heterocycles. The van der Waals surface area contributed by atoms with Gasteiger partial charge in [0.2, 0.25) is 10.0 Å². The van der Waals surface area contributed by atoms with Crippen LogP contribution in [-0.2, 0) is 15.8 Å². The van der Waals surface area contributed by atoms with Crippen LogP contribution in [0.25, 0.3) is 0 Å². The Morgan fingerprint density at radius 2 is 1.95 bits per heavy atom. The van der Waals surface area contributed by atoms with Crippen LogP contribution in [0.4, 0.5) is 0 Å². The molecule has 1 aromatic rings. The van der Waals surface area contributed by atoms with Gasteiger partial charge in [-0.1, -0.05) is 56.2 Å². The van der Waals surface area contributed by atoms with E-state index in [4.69, 9.17) is 18.0 Å². The van der Waals surface area contributed by atoms with E-state index in [0.29, 0.717) is 17.7 Å². The van der Waals surface area contributed by atoms with Crippen LogP contribution in [-0.4, -0.2) is 31.3 Å². The topological polar surface area (TPSA) is 63.4 Å². The SMILES string of the molecule is CCCCCN(C)S(=O)(=O)Cc1ccccc1C(N)=S. The van der Waals surface area contributed by atoms with E-state index in [1.54, 1.807) is 31.3 Å². The Morgan fingerprint density at radius 3 is 2.55 bits per heavy atom. The summed E-state index contributed by atoms with van der Waals surface area (Å²) in [6.45, 7) is 2.64. The third-order valence-corrected chi connectivity index (χ3v) is 5.20. The van der Waals surface area contributed by atoms with E-state index < -0.39 is 10.0 Å². The van der Waals surface area contributed by atoms with Gasteiger partial charge in [-0.25, -0.2) is 12.7 Å². The maximum atomic E-state index is 12.3. The quantitative estimate of drug-likeness (QED) is 0.590. The predicted octanol–water partition coefficient (Wildman–Crippen LogP) is 2.27. The van der Waals surface area contributed by atoms with E-state index in [1.165, 1.54) is 4.31 Å². The summed E-state index contributed by atoms with van der Waals surface area (Å²) < 4.78 is 26.0. The summed E-state index contributed by atoms with van der Waals surface area (Å²) in [7, 11) is -1.71. The molecule has 2 N–H and O–H groups in total. The average Bonchev–Trinajstić information content (AvgIpc) is 2.38. The second-order valence-electron chi connectivity index (χ2n) is 4.81. The second kappa shape index (κ2) is 7.71. The number of thiocarbonyl (C=S) groups is 1. The minimum Gasteiger partial charge on any atom is -0.389 e. The van der Waals surface area contributed by atoms with Crippen LogP contribution in [0.2, 0.25) is 0 Å². The maximum absolute atomic E-state index is 12.3. The third-order valence-electron chi connectivity index (χ3n) is 3.17. The van der Waals surface area contributed by atoms with Gasteiger partial charge >= 0.3 is 0 Å². The molecule has 0 aliphatic rings. The highest BCUT2D eigenvalue weighted by Gasteiger charge is 2.20. The van der Waals surface area contributed by atoms with Crippen molar-refractivity contribution in [3.05, 3.63) is 35.4 Å². The number of sulfonamides is 1. The largest absolute Gasteiger partial charge is 0.389 e. The number of benzene rings is 1. The highest BCUT2D eigenvalue weighted by Crippen LogP contribution is 2.15. The van der Waals surface area contributed by atoms with Gasteiger partial charge in [-0.3, -0.25) is 0 Å². The lowest BCUT2D eigenvalue weighted by Crippen LogP contribution is -2.29. The van der Waals surface area contributed by atoms with Gasteiger partial charge < -0.3 is 5.73 Å². The maximum Gasteiger partial charge on any atom is 0.218 e. The van der Waals surface area contributed by atoms with Gasteiger partial charge in [-0.2, -0.15) is 0 Å². The Hall–Kier alpha value is -0.980. The highest BCUT2D eigenvalue weighted by molar-refractivity contribution is 7.88. The molecule has 0 spiro atoms. The van der Waals surface area contributed by atoms with E-state index >= 15 is 0 Å². The van der Waals surface area contributed by atoms with Crippen molar-refractivity contribution in [2.24, 2.45) is 5.73 Å². The molecule has 0 unspecified atom stereocenters. The number of nitrogens with zero attached hydrogens (tertiary/aromatic N) is 1. The van der Waals surface area contributed by atoms with Crippen LogP contribution in [0.5, 0.6) is 0 Å². The van der Waals surface area contributed by atoms with Crippen LogP contribution in [0.3, 0.4) is 0 Å². The summed E-state index contributed by atoms with van der Waals surface area (Å²) >= 11 is 4.96. The average molecular weight is 314 g/mol. The normalized spacial score (nSPS) is 11.8. The molecular formula is C14H22N2O2S2. The number of rotatable bonds is 8. The van der Waals surface area contributed by atoms with Crippen molar-refractivity contribution in [3.63, 3.8) is 0 Å². The van der Waals surface area contributed by atoms with E-state index in [9.17, 15) is 8.42 Å². The fourth-order valence-corrected chi connectivity index (χ4v) is 3.39. The molecule has 1 aromatic carbocycles. The lowest BCUT2D eigenvalue weighted by Gasteiger charge is -2.18. The third kappa shape index (κ3) is 4.85. The van der Waals surface area contributed by atoms with Crippen molar-refractivity contribution in [2.45, 2.75) is 31.9 Å². The zero-order valence-corrected chi connectivity index (χ0v) is 13.6. The monoisotopic (exact) mass is 314 g/mol. The lowest BCUT2D eigenvalue weighted by atomic mass is 10.1. The first-order chi connectivity index (χ1) is 9.38. The molecule has 0 aliphatic heterocycles. The minimum atomic E-state index is -3.33. The van der Waals surface area contributed by atoms with E-state index in [2.05, 4.69) is 6.92 Å². The Bertz CT molecular complexity index is 556. The molecule has 0 heterocycles. The van der Waals surface area contributed by atoms with Gasteiger partial charge in [-0.15, -0.1) is 0 Å². The molecule has 4 nitrogen and oxygen atoms in total. The molecule has 0 saturated heterocycles.